The van der Waals surface area contributed by atoms with Crippen LogP contribution in [0.4, 0.5) is 15.8 Å². The van der Waals surface area contributed by atoms with Crippen LogP contribution in [0.2, 0.25) is 10.0 Å². The summed E-state index contributed by atoms with van der Waals surface area (Å²) in [6, 6.07) is 4.10. The molecule has 4 saturated carbocycles. The Morgan fingerprint density at radius 1 is 1.23 bits per heavy atom. The van der Waals surface area contributed by atoms with E-state index in [9.17, 15) is 19.1 Å². The van der Waals surface area contributed by atoms with Gasteiger partial charge in [-0.25, -0.2) is 9.07 Å². The summed E-state index contributed by atoms with van der Waals surface area (Å²) in [6.07, 6.45) is 5.75. The predicted molar refractivity (Wildman–Crippen MR) is 111 cm³/mol. The summed E-state index contributed by atoms with van der Waals surface area (Å²) in [5.41, 5.74) is -1.07. The maximum Gasteiger partial charge on any atom is 0.309 e. The maximum absolute atomic E-state index is 13.4. The van der Waals surface area contributed by atoms with Crippen molar-refractivity contribution < 1.29 is 14.3 Å². The van der Waals surface area contributed by atoms with Gasteiger partial charge < -0.3 is 10.4 Å². The van der Waals surface area contributed by atoms with Crippen molar-refractivity contribution in [1.29, 1.82) is 0 Å². The fourth-order valence-corrected chi connectivity index (χ4v) is 6.66. The van der Waals surface area contributed by atoms with Gasteiger partial charge in [-0.2, -0.15) is 5.10 Å². The summed E-state index contributed by atoms with van der Waals surface area (Å²) in [7, 11) is 0. The van der Waals surface area contributed by atoms with Gasteiger partial charge in [0.2, 0.25) is 0 Å². The molecule has 2 aromatic rings. The first kappa shape index (κ1) is 19.8. The minimum absolute atomic E-state index is 0.0365. The number of hydrogen-bond acceptors (Lipinski definition) is 4. The highest BCUT2D eigenvalue weighted by atomic mass is 35.5. The van der Waals surface area contributed by atoms with Gasteiger partial charge in [-0.05, 0) is 68.6 Å². The molecule has 2 atom stereocenters. The van der Waals surface area contributed by atoms with Gasteiger partial charge in [0.25, 0.3) is 5.56 Å². The van der Waals surface area contributed by atoms with Gasteiger partial charge in [-0.15, -0.1) is 0 Å². The zero-order valence-corrected chi connectivity index (χ0v) is 17.5. The third-order valence-electron chi connectivity index (χ3n) is 7.05. The lowest BCUT2D eigenvalue weighted by Crippen LogP contribution is -2.61. The highest BCUT2D eigenvalue weighted by molar-refractivity contribution is 6.33. The lowest BCUT2D eigenvalue weighted by Gasteiger charge is -2.60. The van der Waals surface area contributed by atoms with Crippen molar-refractivity contribution in [2.75, 3.05) is 5.32 Å². The lowest BCUT2D eigenvalue weighted by atomic mass is 9.47. The van der Waals surface area contributed by atoms with Gasteiger partial charge in [0.15, 0.2) is 0 Å². The molecule has 0 aliphatic heterocycles. The Morgan fingerprint density at radius 2 is 1.93 bits per heavy atom. The Morgan fingerprint density at radius 3 is 2.57 bits per heavy atom. The average Bonchev–Trinajstić information content (AvgIpc) is 2.67. The normalized spacial score (nSPS) is 31.7. The molecule has 2 N–H and O–H groups in total. The first-order valence-electron chi connectivity index (χ1n) is 9.95. The average molecular weight is 452 g/mol. The largest absolute Gasteiger partial charge is 0.481 e. The molecule has 4 fully saturated rings. The van der Waals surface area contributed by atoms with Crippen molar-refractivity contribution in [3.8, 4) is 0 Å². The van der Waals surface area contributed by atoms with E-state index in [2.05, 4.69) is 10.4 Å². The molecule has 2 unspecified atom stereocenters. The van der Waals surface area contributed by atoms with Gasteiger partial charge in [0, 0.05) is 5.69 Å². The quantitative estimate of drug-likeness (QED) is 0.696. The van der Waals surface area contributed by atoms with E-state index >= 15 is 0 Å². The molecule has 0 spiro atoms. The van der Waals surface area contributed by atoms with Gasteiger partial charge in [-0.1, -0.05) is 23.2 Å². The van der Waals surface area contributed by atoms with Crippen molar-refractivity contribution >= 4 is 40.5 Å². The minimum Gasteiger partial charge on any atom is -0.481 e. The number of hydrogen-bond donors (Lipinski definition) is 2. The smallest absolute Gasteiger partial charge is 0.309 e. The molecule has 0 saturated heterocycles. The zero-order chi connectivity index (χ0) is 21.3. The Balaban J connectivity index is 1.52. The van der Waals surface area contributed by atoms with E-state index in [1.807, 2.05) is 0 Å². The maximum atomic E-state index is 13.4. The minimum atomic E-state index is -0.778. The molecule has 4 aliphatic carbocycles. The Kier molecular flexibility index (Phi) is 4.42. The van der Waals surface area contributed by atoms with E-state index in [1.54, 1.807) is 0 Å². The Labute approximate surface area is 182 Å². The number of rotatable bonds is 4. The van der Waals surface area contributed by atoms with Crippen LogP contribution in [0, 0.1) is 23.1 Å². The molecule has 0 amide bonds. The molecule has 9 heteroatoms. The molecular formula is C21H20Cl2FN3O3. The molecule has 6 nitrogen and oxygen atoms in total. The first-order chi connectivity index (χ1) is 14.2. The van der Waals surface area contributed by atoms with Gasteiger partial charge >= 0.3 is 5.97 Å². The summed E-state index contributed by atoms with van der Waals surface area (Å²) in [5, 5.41) is 17.2. The van der Waals surface area contributed by atoms with Crippen LogP contribution in [-0.4, -0.2) is 20.9 Å². The molecule has 4 bridgehead atoms. The van der Waals surface area contributed by atoms with Crippen LogP contribution < -0.4 is 10.9 Å². The number of halogens is 3. The second-order valence-corrected chi connectivity index (χ2v) is 9.90. The number of carboxylic acids is 1. The molecule has 1 heterocycles. The molecule has 6 rings (SSSR count). The molecule has 30 heavy (non-hydrogen) atoms. The third-order valence-corrected chi connectivity index (χ3v) is 7.71. The van der Waals surface area contributed by atoms with E-state index in [0.29, 0.717) is 30.6 Å². The standard InChI is InChI=1S/C21H20Cl2FN3O3/c22-14-4-13(1-2-15(14)24)26-16-9-25-27(18(28)17(16)23)21-7-11-3-12(8-21)6-20(5-11,10-21)19(29)30/h1-2,4,9,11-12,26H,3,5-8,10H2,(H,29,30). The van der Waals surface area contributed by atoms with Crippen molar-refractivity contribution in [3.63, 3.8) is 0 Å². The summed E-state index contributed by atoms with van der Waals surface area (Å²) >= 11 is 12.2. The molecular weight excluding hydrogens is 432 g/mol. The number of carboxylic acid groups (broad SMARTS) is 1. The van der Waals surface area contributed by atoms with E-state index in [-0.39, 0.29) is 21.9 Å². The lowest BCUT2D eigenvalue weighted by molar-refractivity contribution is -0.173. The van der Waals surface area contributed by atoms with Gasteiger partial charge in [0.05, 0.1) is 27.9 Å². The Hall–Kier alpha value is -2.12. The van der Waals surface area contributed by atoms with E-state index < -0.39 is 28.3 Å². The van der Waals surface area contributed by atoms with Crippen LogP contribution in [0.25, 0.3) is 0 Å². The number of anilines is 2. The van der Waals surface area contributed by atoms with Crippen LogP contribution >= 0.6 is 23.2 Å². The monoisotopic (exact) mass is 451 g/mol. The topological polar surface area (TPSA) is 84.2 Å². The zero-order valence-electron chi connectivity index (χ0n) is 16.0. The number of carbonyl (C=O) groups is 1. The van der Waals surface area contributed by atoms with Crippen LogP contribution in [-0.2, 0) is 10.3 Å². The van der Waals surface area contributed by atoms with Gasteiger partial charge in [-0.3, -0.25) is 9.59 Å². The van der Waals surface area contributed by atoms with E-state index in [1.165, 1.54) is 29.1 Å². The summed E-state index contributed by atoms with van der Waals surface area (Å²) in [6.45, 7) is 0. The molecule has 158 valence electrons. The van der Waals surface area contributed by atoms with Crippen LogP contribution in [0.1, 0.15) is 38.5 Å². The molecule has 0 radical (unpaired) electrons. The number of nitrogens with zero attached hydrogens (tertiary/aromatic N) is 2. The summed E-state index contributed by atoms with van der Waals surface area (Å²) in [5.74, 6) is -0.745. The number of aliphatic carboxylic acids is 1. The molecule has 4 aliphatic rings. The SMILES string of the molecule is O=C(O)C12CC3CC(C1)CC(n1ncc(Nc4ccc(F)c(Cl)c4)c(Cl)c1=O)(C3)C2. The first-order valence-corrected chi connectivity index (χ1v) is 10.7. The summed E-state index contributed by atoms with van der Waals surface area (Å²) < 4.78 is 14.8. The van der Waals surface area contributed by atoms with Crippen LogP contribution in [0.15, 0.2) is 29.2 Å². The second kappa shape index (κ2) is 6.69. The van der Waals surface area contributed by atoms with E-state index in [0.717, 1.165) is 19.3 Å². The summed E-state index contributed by atoms with van der Waals surface area (Å²) in [4.78, 5) is 25.3. The van der Waals surface area contributed by atoms with Crippen molar-refractivity contribution in [2.45, 2.75) is 44.1 Å². The Bertz CT molecular complexity index is 1110. The van der Waals surface area contributed by atoms with Crippen molar-refractivity contribution in [3.05, 3.63) is 50.6 Å². The number of benzene rings is 1. The second-order valence-electron chi connectivity index (χ2n) is 9.11. The highest BCUT2D eigenvalue weighted by Gasteiger charge is 2.62. The molecule has 1 aromatic carbocycles. The van der Waals surface area contributed by atoms with E-state index in [4.69, 9.17) is 23.2 Å². The van der Waals surface area contributed by atoms with Crippen molar-refractivity contribution in [2.24, 2.45) is 17.3 Å². The third kappa shape index (κ3) is 2.94. The van der Waals surface area contributed by atoms with Gasteiger partial charge in [0.1, 0.15) is 10.8 Å². The van der Waals surface area contributed by atoms with Crippen LogP contribution in [0.5, 0.6) is 0 Å². The molecule has 1 aromatic heterocycles. The predicted octanol–water partition coefficient (Wildman–Crippen LogP) is 4.81. The van der Waals surface area contributed by atoms with Crippen molar-refractivity contribution in [1.82, 2.24) is 9.78 Å². The fourth-order valence-electron chi connectivity index (χ4n) is 6.30. The highest BCUT2D eigenvalue weighted by Crippen LogP contribution is 2.63. The van der Waals surface area contributed by atoms with Crippen LogP contribution in [0.3, 0.4) is 0 Å². The number of nitrogens with one attached hydrogen (secondary N) is 1. The fraction of sp³-hybridized carbons (Fsp3) is 0.476. The number of aromatic nitrogens is 2.